The minimum absolute atomic E-state index is 0.0911. The van der Waals surface area contributed by atoms with Crippen molar-refractivity contribution in [3.63, 3.8) is 0 Å². The molecule has 3 heterocycles. The van der Waals surface area contributed by atoms with Crippen LogP contribution in [-0.2, 0) is 11.2 Å². The highest BCUT2D eigenvalue weighted by atomic mass is 19.1. The van der Waals surface area contributed by atoms with Crippen LogP contribution in [0.2, 0.25) is 0 Å². The van der Waals surface area contributed by atoms with Crippen LogP contribution >= 0.6 is 0 Å². The van der Waals surface area contributed by atoms with Gasteiger partial charge in [0.2, 0.25) is 5.62 Å². The van der Waals surface area contributed by atoms with Gasteiger partial charge in [0, 0.05) is 17.8 Å². The molecule has 1 fully saturated rings. The number of halogens is 1. The van der Waals surface area contributed by atoms with E-state index in [4.69, 9.17) is 15.6 Å². The molecule has 2 N–H and O–H groups in total. The zero-order valence-electron chi connectivity index (χ0n) is 18.1. The lowest BCUT2D eigenvalue weighted by atomic mass is 9.88. The summed E-state index contributed by atoms with van der Waals surface area (Å²) in [5, 5.41) is 16.8. The molecular formula is C25H24FN5O. The van der Waals surface area contributed by atoms with Crippen LogP contribution < -0.4 is 10.5 Å². The molecule has 7 heteroatoms. The minimum Gasteiger partial charge on any atom is -0.378 e. The molecule has 2 aromatic carbocycles. The molecule has 3 aromatic rings. The molecule has 0 saturated carbocycles. The average molecular weight is 429 g/mol. The van der Waals surface area contributed by atoms with Crippen molar-refractivity contribution in [3.8, 4) is 11.8 Å². The maximum absolute atomic E-state index is 15.1. The van der Waals surface area contributed by atoms with Gasteiger partial charge in [0.1, 0.15) is 17.5 Å². The van der Waals surface area contributed by atoms with Crippen LogP contribution in [0.3, 0.4) is 0 Å². The van der Waals surface area contributed by atoms with Gasteiger partial charge in [-0.1, -0.05) is 24.0 Å². The maximum atomic E-state index is 15.1. The summed E-state index contributed by atoms with van der Waals surface area (Å²) < 4.78 is 21.8. The third-order valence-corrected chi connectivity index (χ3v) is 6.06. The van der Waals surface area contributed by atoms with Crippen LogP contribution in [0.1, 0.15) is 31.4 Å². The third kappa shape index (κ3) is 3.28. The second kappa shape index (κ2) is 7.57. The molecule has 0 unspecified atom stereocenters. The van der Waals surface area contributed by atoms with Crippen LogP contribution in [0.4, 0.5) is 15.9 Å². The first-order valence-electron chi connectivity index (χ1n) is 10.7. The highest BCUT2D eigenvalue weighted by molar-refractivity contribution is 5.98. The van der Waals surface area contributed by atoms with E-state index in [1.165, 1.54) is 10.6 Å². The predicted octanol–water partition coefficient (Wildman–Crippen LogP) is 3.97. The summed E-state index contributed by atoms with van der Waals surface area (Å²) >= 11 is 0. The first-order valence-corrected chi connectivity index (χ1v) is 10.7. The Balaban J connectivity index is 1.69. The van der Waals surface area contributed by atoms with Gasteiger partial charge in [0.05, 0.1) is 29.5 Å². The zero-order valence-corrected chi connectivity index (χ0v) is 18.1. The van der Waals surface area contributed by atoms with E-state index in [1.54, 1.807) is 19.1 Å². The largest absolute Gasteiger partial charge is 0.378 e. The lowest BCUT2D eigenvalue weighted by Gasteiger charge is -2.33. The second-order valence-corrected chi connectivity index (χ2v) is 8.68. The number of benzene rings is 2. The van der Waals surface area contributed by atoms with E-state index in [0.29, 0.717) is 36.5 Å². The van der Waals surface area contributed by atoms with Crippen molar-refractivity contribution in [2.24, 2.45) is 5.41 Å². The molecule has 162 valence electrons. The molecule has 0 bridgehead atoms. The number of rotatable bonds is 1. The number of anilines is 2. The molecule has 0 atom stereocenters. The highest BCUT2D eigenvalue weighted by Gasteiger charge is 2.31. The van der Waals surface area contributed by atoms with E-state index < -0.39 is 5.82 Å². The summed E-state index contributed by atoms with van der Waals surface area (Å²) in [4.78, 5) is 6.46. The van der Waals surface area contributed by atoms with Gasteiger partial charge in [-0.2, -0.15) is 4.98 Å². The lowest BCUT2D eigenvalue weighted by Crippen LogP contribution is -2.38. The van der Waals surface area contributed by atoms with Gasteiger partial charge in [-0.05, 0) is 56.5 Å². The fourth-order valence-corrected chi connectivity index (χ4v) is 4.44. The Morgan fingerprint density at radius 1 is 1.22 bits per heavy atom. The van der Waals surface area contributed by atoms with E-state index in [9.17, 15) is 0 Å². The standard InChI is InChI=1S/C25H24FN5O/c1-16(27)31-21-10-4-8-19(26)22(21)23(29-24(31)28)30-13-5-7-18-17(6-3-9-20(18)30)11-12-25(2)14-32-15-25/h3-4,6,8-10,27-28H,5,7,13-15H2,1-2H3. The summed E-state index contributed by atoms with van der Waals surface area (Å²) in [6, 6.07) is 10.7. The van der Waals surface area contributed by atoms with Crippen molar-refractivity contribution >= 4 is 28.2 Å². The van der Waals surface area contributed by atoms with Gasteiger partial charge in [-0.15, -0.1) is 0 Å². The van der Waals surface area contributed by atoms with Gasteiger partial charge in [-0.25, -0.2) is 4.39 Å². The molecule has 2 aliphatic rings. The highest BCUT2D eigenvalue weighted by Crippen LogP contribution is 2.37. The summed E-state index contributed by atoms with van der Waals surface area (Å²) in [5.41, 5.74) is 3.31. The Hall–Kier alpha value is -3.50. The molecule has 6 nitrogen and oxygen atoms in total. The first-order chi connectivity index (χ1) is 15.4. The number of hydrogen-bond acceptors (Lipinski definition) is 5. The Morgan fingerprint density at radius 3 is 2.72 bits per heavy atom. The van der Waals surface area contributed by atoms with E-state index in [2.05, 4.69) is 23.7 Å². The summed E-state index contributed by atoms with van der Waals surface area (Å²) in [6.45, 7) is 5.64. The average Bonchev–Trinajstić information content (AvgIpc) is 2.75. The third-order valence-electron chi connectivity index (χ3n) is 6.06. The quantitative estimate of drug-likeness (QED) is 0.349. The smallest absolute Gasteiger partial charge is 0.230 e. The molecule has 32 heavy (non-hydrogen) atoms. The first kappa shape index (κ1) is 20.4. The summed E-state index contributed by atoms with van der Waals surface area (Å²) in [6.07, 6.45) is 1.75. The van der Waals surface area contributed by atoms with Gasteiger partial charge >= 0.3 is 0 Å². The molecule has 2 aliphatic heterocycles. The molecule has 1 saturated heterocycles. The molecule has 1 aromatic heterocycles. The van der Waals surface area contributed by atoms with Crippen molar-refractivity contribution < 1.29 is 9.13 Å². The molecule has 0 aliphatic carbocycles. The van der Waals surface area contributed by atoms with Gasteiger partial charge in [0.15, 0.2) is 0 Å². The van der Waals surface area contributed by atoms with E-state index in [0.717, 1.165) is 29.7 Å². The normalized spacial score (nSPS) is 16.7. The van der Waals surface area contributed by atoms with Crippen LogP contribution in [0.5, 0.6) is 0 Å². The number of ether oxygens (including phenoxy) is 1. The van der Waals surface area contributed by atoms with Gasteiger partial charge in [-0.3, -0.25) is 15.4 Å². The maximum Gasteiger partial charge on any atom is 0.230 e. The molecule has 0 spiro atoms. The van der Waals surface area contributed by atoms with E-state index in [-0.39, 0.29) is 16.9 Å². The summed E-state index contributed by atoms with van der Waals surface area (Å²) in [5.74, 6) is 6.82. The fourth-order valence-electron chi connectivity index (χ4n) is 4.44. The van der Waals surface area contributed by atoms with Crippen molar-refractivity contribution in [3.05, 3.63) is 59.0 Å². The number of aromatic nitrogens is 2. The Bertz CT molecular complexity index is 1380. The molecular weight excluding hydrogens is 405 g/mol. The van der Waals surface area contributed by atoms with Crippen molar-refractivity contribution in [1.82, 2.24) is 9.55 Å². The van der Waals surface area contributed by atoms with Gasteiger partial charge in [0.25, 0.3) is 0 Å². The van der Waals surface area contributed by atoms with Crippen LogP contribution in [0.25, 0.3) is 10.9 Å². The Labute approximate surface area is 185 Å². The second-order valence-electron chi connectivity index (χ2n) is 8.68. The summed E-state index contributed by atoms with van der Waals surface area (Å²) in [7, 11) is 0. The number of hydrogen-bond donors (Lipinski definition) is 2. The zero-order chi connectivity index (χ0) is 22.5. The number of nitrogens with zero attached hydrogens (tertiary/aromatic N) is 3. The number of fused-ring (bicyclic) bond motifs is 2. The molecule has 5 rings (SSSR count). The van der Waals surface area contributed by atoms with Crippen molar-refractivity contribution in [2.45, 2.75) is 26.7 Å². The van der Waals surface area contributed by atoms with E-state index in [1.807, 2.05) is 23.1 Å². The molecule has 0 radical (unpaired) electrons. The topological polar surface area (TPSA) is 78.0 Å². The van der Waals surface area contributed by atoms with Crippen LogP contribution in [0, 0.1) is 33.9 Å². The Kier molecular flexibility index (Phi) is 4.83. The Morgan fingerprint density at radius 2 is 2.00 bits per heavy atom. The number of nitrogens with one attached hydrogen (secondary N) is 2. The predicted molar refractivity (Wildman–Crippen MR) is 122 cm³/mol. The molecule has 0 amide bonds. The monoisotopic (exact) mass is 429 g/mol. The minimum atomic E-state index is -0.416. The van der Waals surface area contributed by atoms with Crippen molar-refractivity contribution in [1.29, 1.82) is 10.8 Å². The lowest BCUT2D eigenvalue weighted by molar-refractivity contribution is -0.0648. The van der Waals surface area contributed by atoms with Gasteiger partial charge < -0.3 is 9.64 Å². The van der Waals surface area contributed by atoms with E-state index >= 15 is 4.39 Å². The van der Waals surface area contributed by atoms with Crippen LogP contribution in [0.15, 0.2) is 36.4 Å². The fraction of sp³-hybridized carbons (Fsp3) is 0.320. The van der Waals surface area contributed by atoms with Crippen LogP contribution in [-0.4, -0.2) is 35.1 Å². The SMILES string of the molecule is CC(=N)n1c(=N)nc(N2CCCc3c(C#CC4(C)COC4)cccc32)c2c(F)cccc21. The van der Waals surface area contributed by atoms with Crippen molar-refractivity contribution in [2.75, 3.05) is 24.7 Å².